The lowest BCUT2D eigenvalue weighted by atomic mass is 10.1. The second-order valence-electron chi connectivity index (χ2n) is 4.06. The van der Waals surface area contributed by atoms with Gasteiger partial charge in [0, 0.05) is 0 Å². The smallest absolute Gasteiger partial charge is 0.129 e. The second-order valence-corrected chi connectivity index (χ2v) is 4.06. The number of nitrogens with zero attached hydrogens (tertiary/aromatic N) is 1. The van der Waals surface area contributed by atoms with E-state index in [0.29, 0.717) is 18.7 Å². The molecule has 0 N–H and O–H groups in total. The molecule has 0 aromatic heterocycles. The topological polar surface area (TPSA) is 29.5 Å². The Morgan fingerprint density at radius 2 is 2.18 bits per heavy atom. The summed E-state index contributed by atoms with van der Waals surface area (Å²) in [6.07, 6.45) is 3.74. The zero-order valence-electron chi connectivity index (χ0n) is 9.80. The Labute approximate surface area is 101 Å². The van der Waals surface area contributed by atoms with E-state index in [2.05, 4.69) is 0 Å². The fourth-order valence-electron chi connectivity index (χ4n) is 1.68. The van der Waals surface area contributed by atoms with Crippen LogP contribution in [0.1, 0.15) is 12.5 Å². The summed E-state index contributed by atoms with van der Waals surface area (Å²) < 4.78 is 0. The molecule has 1 aliphatic heterocycles. The SMILES string of the molecule is CC1C=CC(=C=O)CN1OCc1ccccc1. The Bertz CT molecular complexity index is 447. The van der Waals surface area contributed by atoms with Crippen molar-refractivity contribution in [1.29, 1.82) is 0 Å². The molecule has 1 aliphatic rings. The van der Waals surface area contributed by atoms with Crippen LogP contribution >= 0.6 is 0 Å². The van der Waals surface area contributed by atoms with Crippen LogP contribution in [-0.2, 0) is 16.2 Å². The summed E-state index contributed by atoms with van der Waals surface area (Å²) in [4.78, 5) is 16.3. The summed E-state index contributed by atoms with van der Waals surface area (Å²) >= 11 is 0. The highest BCUT2D eigenvalue weighted by Crippen LogP contribution is 2.14. The van der Waals surface area contributed by atoms with Gasteiger partial charge in [0.1, 0.15) is 5.94 Å². The van der Waals surface area contributed by atoms with Crippen molar-refractivity contribution in [1.82, 2.24) is 5.06 Å². The molecule has 0 aliphatic carbocycles. The highest BCUT2D eigenvalue weighted by atomic mass is 16.7. The van der Waals surface area contributed by atoms with Crippen molar-refractivity contribution in [2.45, 2.75) is 19.6 Å². The number of benzene rings is 1. The number of hydrogen-bond donors (Lipinski definition) is 0. The van der Waals surface area contributed by atoms with Gasteiger partial charge in [-0.25, -0.2) is 4.79 Å². The van der Waals surface area contributed by atoms with Gasteiger partial charge in [-0.15, -0.1) is 0 Å². The first-order valence-electron chi connectivity index (χ1n) is 5.65. The number of rotatable bonds is 3. The Kier molecular flexibility index (Phi) is 3.89. The molecule has 1 heterocycles. The normalized spacial score (nSPS) is 20.3. The van der Waals surface area contributed by atoms with E-state index < -0.39 is 0 Å². The molecule has 0 spiro atoms. The molecule has 0 saturated heterocycles. The van der Waals surface area contributed by atoms with E-state index in [-0.39, 0.29) is 6.04 Å². The Hall–Kier alpha value is -1.67. The maximum Gasteiger partial charge on any atom is 0.129 e. The largest absolute Gasteiger partial charge is 0.293 e. The van der Waals surface area contributed by atoms with E-state index in [1.807, 2.05) is 49.3 Å². The van der Waals surface area contributed by atoms with Gasteiger partial charge in [-0.1, -0.05) is 36.4 Å². The molecule has 17 heavy (non-hydrogen) atoms. The first-order valence-corrected chi connectivity index (χ1v) is 5.65. The van der Waals surface area contributed by atoms with Crippen LogP contribution in [0.4, 0.5) is 0 Å². The maximum absolute atomic E-state index is 10.6. The van der Waals surface area contributed by atoms with Crippen molar-refractivity contribution in [3.8, 4) is 0 Å². The lowest BCUT2D eigenvalue weighted by Crippen LogP contribution is -2.35. The Morgan fingerprint density at radius 1 is 1.41 bits per heavy atom. The van der Waals surface area contributed by atoms with Crippen molar-refractivity contribution in [3.05, 3.63) is 53.6 Å². The van der Waals surface area contributed by atoms with Gasteiger partial charge >= 0.3 is 0 Å². The summed E-state index contributed by atoms with van der Waals surface area (Å²) in [6.45, 7) is 3.04. The third kappa shape index (κ3) is 3.14. The average molecular weight is 229 g/mol. The van der Waals surface area contributed by atoms with Crippen molar-refractivity contribution in [2.24, 2.45) is 0 Å². The molecule has 0 fully saturated rings. The zero-order chi connectivity index (χ0) is 12.1. The highest BCUT2D eigenvalue weighted by molar-refractivity contribution is 5.58. The molecule has 0 amide bonds. The molecule has 0 saturated carbocycles. The van der Waals surface area contributed by atoms with Crippen LogP contribution in [0.2, 0.25) is 0 Å². The van der Waals surface area contributed by atoms with Crippen LogP contribution in [-0.4, -0.2) is 23.6 Å². The highest BCUT2D eigenvalue weighted by Gasteiger charge is 2.18. The van der Waals surface area contributed by atoms with Crippen LogP contribution in [0.5, 0.6) is 0 Å². The average Bonchev–Trinajstić information content (AvgIpc) is 2.39. The first-order chi connectivity index (χ1) is 8.29. The van der Waals surface area contributed by atoms with Gasteiger partial charge < -0.3 is 0 Å². The van der Waals surface area contributed by atoms with Crippen molar-refractivity contribution >= 4 is 5.94 Å². The minimum absolute atomic E-state index is 0.177. The third-order valence-electron chi connectivity index (χ3n) is 2.73. The van der Waals surface area contributed by atoms with E-state index in [9.17, 15) is 4.79 Å². The van der Waals surface area contributed by atoms with Crippen LogP contribution in [0, 0.1) is 0 Å². The molecular weight excluding hydrogens is 214 g/mol. The van der Waals surface area contributed by atoms with Gasteiger partial charge in [0.25, 0.3) is 0 Å². The number of carbonyl (C=O) groups excluding carboxylic acids is 1. The third-order valence-corrected chi connectivity index (χ3v) is 2.73. The lowest BCUT2D eigenvalue weighted by Gasteiger charge is -2.28. The number of hydrogen-bond acceptors (Lipinski definition) is 3. The Morgan fingerprint density at radius 3 is 2.88 bits per heavy atom. The number of hydroxylamine groups is 2. The van der Waals surface area contributed by atoms with Crippen LogP contribution in [0.15, 0.2) is 48.1 Å². The molecule has 88 valence electrons. The molecule has 0 bridgehead atoms. The molecule has 1 unspecified atom stereocenters. The van der Waals surface area contributed by atoms with E-state index in [4.69, 9.17) is 4.84 Å². The quantitative estimate of drug-likeness (QED) is 0.744. The standard InChI is InChI=1S/C14H15NO2/c1-12-7-8-14(10-16)9-15(12)17-11-13-5-3-2-4-6-13/h2-8,12H,9,11H2,1H3. The van der Waals surface area contributed by atoms with Gasteiger partial charge in [0.2, 0.25) is 0 Å². The molecular formula is C14H15NO2. The monoisotopic (exact) mass is 229 g/mol. The van der Waals surface area contributed by atoms with Crippen molar-refractivity contribution in [3.63, 3.8) is 0 Å². The van der Waals surface area contributed by atoms with Gasteiger partial charge in [0.15, 0.2) is 0 Å². The van der Waals surface area contributed by atoms with Gasteiger partial charge in [-0.05, 0) is 18.6 Å². The summed E-state index contributed by atoms with van der Waals surface area (Å²) in [5, 5.41) is 1.80. The summed E-state index contributed by atoms with van der Waals surface area (Å²) in [7, 11) is 0. The summed E-state index contributed by atoms with van der Waals surface area (Å²) in [5.41, 5.74) is 1.74. The predicted octanol–water partition coefficient (Wildman–Crippen LogP) is 2.14. The minimum Gasteiger partial charge on any atom is -0.293 e. The maximum atomic E-state index is 10.6. The summed E-state index contributed by atoms with van der Waals surface area (Å²) in [5.74, 6) is 1.91. The first kappa shape index (κ1) is 11.8. The lowest BCUT2D eigenvalue weighted by molar-refractivity contribution is -0.178. The van der Waals surface area contributed by atoms with E-state index in [1.165, 1.54) is 0 Å². The molecule has 2 rings (SSSR count). The van der Waals surface area contributed by atoms with E-state index >= 15 is 0 Å². The zero-order valence-corrected chi connectivity index (χ0v) is 9.80. The predicted molar refractivity (Wildman–Crippen MR) is 65.7 cm³/mol. The minimum atomic E-state index is 0.177. The second kappa shape index (κ2) is 5.60. The fraction of sp³-hybridized carbons (Fsp3) is 0.286. The molecule has 1 aromatic carbocycles. The molecule has 1 aromatic rings. The van der Waals surface area contributed by atoms with Gasteiger partial charge in [-0.2, -0.15) is 5.06 Å². The molecule has 1 atom stereocenters. The van der Waals surface area contributed by atoms with E-state index in [1.54, 1.807) is 11.1 Å². The van der Waals surface area contributed by atoms with Gasteiger partial charge in [0.05, 0.1) is 24.8 Å². The molecule has 3 heteroatoms. The molecule has 0 radical (unpaired) electrons. The van der Waals surface area contributed by atoms with Crippen molar-refractivity contribution in [2.75, 3.05) is 6.54 Å². The van der Waals surface area contributed by atoms with Gasteiger partial charge in [-0.3, -0.25) is 4.84 Å². The van der Waals surface area contributed by atoms with E-state index in [0.717, 1.165) is 5.56 Å². The Balaban J connectivity index is 1.95. The fourth-order valence-corrected chi connectivity index (χ4v) is 1.68. The molecule has 3 nitrogen and oxygen atoms in total. The summed E-state index contributed by atoms with van der Waals surface area (Å²) in [6, 6.07) is 10.1. The van der Waals surface area contributed by atoms with Crippen molar-refractivity contribution < 1.29 is 9.63 Å². The van der Waals surface area contributed by atoms with Crippen LogP contribution in [0.25, 0.3) is 0 Å². The van der Waals surface area contributed by atoms with Crippen LogP contribution < -0.4 is 0 Å². The van der Waals surface area contributed by atoms with Crippen LogP contribution in [0.3, 0.4) is 0 Å².